The molecule has 0 spiro atoms. The van der Waals surface area contributed by atoms with Gasteiger partial charge in [-0.2, -0.15) is 4.98 Å². The number of nitrogens with zero attached hydrogens (tertiary/aromatic N) is 3. The normalized spacial score (nSPS) is 15.7. The van der Waals surface area contributed by atoms with Crippen LogP contribution in [0.25, 0.3) is 22.2 Å². The van der Waals surface area contributed by atoms with Gasteiger partial charge in [-0.25, -0.2) is 0 Å². The molecule has 1 aromatic heterocycles. The number of aryl methyl sites for hydroxylation is 1. The van der Waals surface area contributed by atoms with Gasteiger partial charge in [0, 0.05) is 18.0 Å². The first-order chi connectivity index (χ1) is 17.6. The Morgan fingerprint density at radius 2 is 1.81 bits per heavy atom. The van der Waals surface area contributed by atoms with Crippen molar-refractivity contribution in [2.24, 2.45) is 11.8 Å². The fraction of sp³-hybridized carbons (Fsp3) is 0.367. The number of piperidine rings is 1. The molecule has 2 heterocycles. The molecule has 1 unspecified atom stereocenters. The van der Waals surface area contributed by atoms with Crippen molar-refractivity contribution in [3.05, 3.63) is 83.7 Å². The predicted octanol–water partition coefficient (Wildman–Crippen LogP) is 5.41. The molecular formula is C30H34N4O2. The summed E-state index contributed by atoms with van der Waals surface area (Å²) in [4.78, 5) is 19.7. The fourth-order valence-electron chi connectivity index (χ4n) is 5.13. The van der Waals surface area contributed by atoms with Crippen molar-refractivity contribution in [2.75, 3.05) is 19.6 Å². The number of hydrogen-bond acceptors (Lipinski definition) is 5. The minimum Gasteiger partial charge on any atom is -0.356 e. The second-order valence-electron chi connectivity index (χ2n) is 10.1. The zero-order chi connectivity index (χ0) is 24.9. The Kier molecular flexibility index (Phi) is 7.42. The van der Waals surface area contributed by atoms with Crippen LogP contribution in [-0.2, 0) is 17.8 Å². The molecule has 0 radical (unpaired) electrons. The van der Waals surface area contributed by atoms with Gasteiger partial charge in [-0.1, -0.05) is 78.8 Å². The highest BCUT2D eigenvalue weighted by atomic mass is 16.5. The van der Waals surface area contributed by atoms with Crippen LogP contribution in [0.15, 0.2) is 71.3 Å². The number of carbonyl (C=O) groups is 1. The molecule has 1 aliphatic heterocycles. The van der Waals surface area contributed by atoms with Gasteiger partial charge in [0.05, 0.1) is 6.54 Å². The summed E-state index contributed by atoms with van der Waals surface area (Å²) in [7, 11) is 0. The lowest BCUT2D eigenvalue weighted by molar-refractivity contribution is -0.126. The topological polar surface area (TPSA) is 71.3 Å². The Morgan fingerprint density at radius 1 is 1.06 bits per heavy atom. The number of amides is 1. The highest BCUT2D eigenvalue weighted by Crippen LogP contribution is 2.23. The SMILES string of the molecule is Cc1ccccc1-c1noc(CN2CCC(C(=O)NCC(C)Cc3cccc4ccccc34)CC2)n1. The molecule has 1 atom stereocenters. The van der Waals surface area contributed by atoms with Crippen LogP contribution in [0.4, 0.5) is 0 Å². The molecule has 1 amide bonds. The maximum Gasteiger partial charge on any atom is 0.241 e. The highest BCUT2D eigenvalue weighted by molar-refractivity contribution is 5.85. The van der Waals surface area contributed by atoms with Crippen LogP contribution in [0.5, 0.6) is 0 Å². The first kappa shape index (κ1) is 24.2. The molecule has 4 aromatic rings. The summed E-state index contributed by atoms with van der Waals surface area (Å²) in [6.45, 7) is 7.28. The van der Waals surface area contributed by atoms with Crippen molar-refractivity contribution < 1.29 is 9.32 Å². The van der Waals surface area contributed by atoms with Crippen LogP contribution >= 0.6 is 0 Å². The Labute approximate surface area is 212 Å². The predicted molar refractivity (Wildman–Crippen MR) is 142 cm³/mol. The van der Waals surface area contributed by atoms with E-state index in [0.29, 0.717) is 30.7 Å². The largest absolute Gasteiger partial charge is 0.356 e. The third-order valence-corrected chi connectivity index (χ3v) is 7.24. The number of fused-ring (bicyclic) bond motifs is 1. The van der Waals surface area contributed by atoms with Crippen molar-refractivity contribution in [3.63, 3.8) is 0 Å². The smallest absolute Gasteiger partial charge is 0.241 e. The summed E-state index contributed by atoms with van der Waals surface area (Å²) in [6, 6.07) is 23.0. The number of aromatic nitrogens is 2. The maximum absolute atomic E-state index is 12.9. The molecule has 36 heavy (non-hydrogen) atoms. The Balaban J connectivity index is 1.07. The van der Waals surface area contributed by atoms with Gasteiger partial charge in [-0.15, -0.1) is 0 Å². The van der Waals surface area contributed by atoms with Gasteiger partial charge in [0.1, 0.15) is 0 Å². The first-order valence-electron chi connectivity index (χ1n) is 12.9. The molecule has 6 heteroatoms. The molecule has 1 aliphatic rings. The van der Waals surface area contributed by atoms with E-state index in [9.17, 15) is 4.79 Å². The third kappa shape index (κ3) is 5.65. The monoisotopic (exact) mass is 482 g/mol. The van der Waals surface area contributed by atoms with E-state index in [2.05, 4.69) is 69.7 Å². The van der Waals surface area contributed by atoms with Crippen LogP contribution in [-0.4, -0.2) is 40.6 Å². The maximum atomic E-state index is 12.9. The van der Waals surface area contributed by atoms with Crippen molar-refractivity contribution in [3.8, 4) is 11.4 Å². The molecule has 5 rings (SSSR count). The van der Waals surface area contributed by atoms with Crippen molar-refractivity contribution >= 4 is 16.7 Å². The van der Waals surface area contributed by atoms with Gasteiger partial charge in [0.15, 0.2) is 0 Å². The minimum absolute atomic E-state index is 0.0659. The van der Waals surface area contributed by atoms with Crippen LogP contribution in [0.3, 0.4) is 0 Å². The molecule has 0 bridgehead atoms. The number of nitrogens with one attached hydrogen (secondary N) is 1. The lowest BCUT2D eigenvalue weighted by atomic mass is 9.94. The van der Waals surface area contributed by atoms with E-state index in [0.717, 1.165) is 43.5 Å². The van der Waals surface area contributed by atoms with Crippen LogP contribution in [0.2, 0.25) is 0 Å². The van der Waals surface area contributed by atoms with E-state index >= 15 is 0 Å². The summed E-state index contributed by atoms with van der Waals surface area (Å²) in [5, 5.41) is 9.95. The molecule has 186 valence electrons. The number of benzene rings is 3. The summed E-state index contributed by atoms with van der Waals surface area (Å²) in [6.07, 6.45) is 2.65. The van der Waals surface area contributed by atoms with Crippen LogP contribution in [0.1, 0.15) is 36.8 Å². The fourth-order valence-corrected chi connectivity index (χ4v) is 5.13. The first-order valence-corrected chi connectivity index (χ1v) is 12.9. The summed E-state index contributed by atoms with van der Waals surface area (Å²) in [5.41, 5.74) is 3.47. The standard InChI is InChI=1S/C30H34N4O2/c1-21(18-25-11-7-10-23-9-4-6-13-27(23)25)19-31-30(35)24-14-16-34(17-15-24)20-28-32-29(33-36-28)26-12-5-3-8-22(26)2/h3-13,21,24H,14-20H2,1-2H3,(H,31,35). The molecule has 1 saturated heterocycles. The second kappa shape index (κ2) is 11.0. The number of carbonyl (C=O) groups excluding carboxylic acids is 1. The van der Waals surface area contributed by atoms with E-state index in [1.54, 1.807) is 0 Å². The van der Waals surface area contributed by atoms with Crippen LogP contribution < -0.4 is 5.32 Å². The van der Waals surface area contributed by atoms with E-state index in [-0.39, 0.29) is 11.8 Å². The number of hydrogen-bond donors (Lipinski definition) is 1. The number of likely N-dealkylation sites (tertiary alicyclic amines) is 1. The van der Waals surface area contributed by atoms with Gasteiger partial charge in [-0.05, 0) is 67.1 Å². The van der Waals surface area contributed by atoms with Crippen molar-refractivity contribution in [1.82, 2.24) is 20.4 Å². The lowest BCUT2D eigenvalue weighted by Crippen LogP contribution is -2.41. The van der Waals surface area contributed by atoms with Gasteiger partial charge in [0.25, 0.3) is 0 Å². The van der Waals surface area contributed by atoms with E-state index in [1.165, 1.54) is 16.3 Å². The summed E-state index contributed by atoms with van der Waals surface area (Å²) >= 11 is 0. The molecule has 3 aromatic carbocycles. The average Bonchev–Trinajstić information content (AvgIpc) is 3.36. The van der Waals surface area contributed by atoms with E-state index < -0.39 is 0 Å². The van der Waals surface area contributed by atoms with Gasteiger partial charge >= 0.3 is 0 Å². The zero-order valence-electron chi connectivity index (χ0n) is 21.1. The summed E-state index contributed by atoms with van der Waals surface area (Å²) in [5.74, 6) is 1.88. The van der Waals surface area contributed by atoms with Crippen molar-refractivity contribution in [2.45, 2.75) is 39.7 Å². The average molecular weight is 483 g/mol. The molecule has 0 saturated carbocycles. The molecule has 6 nitrogen and oxygen atoms in total. The quantitative estimate of drug-likeness (QED) is 0.364. The number of rotatable bonds is 8. The van der Waals surface area contributed by atoms with Crippen molar-refractivity contribution in [1.29, 1.82) is 0 Å². The molecule has 1 N–H and O–H groups in total. The summed E-state index contributed by atoms with van der Waals surface area (Å²) < 4.78 is 5.51. The molecular weight excluding hydrogens is 448 g/mol. The van der Waals surface area contributed by atoms with Gasteiger partial charge in [0.2, 0.25) is 17.6 Å². The van der Waals surface area contributed by atoms with E-state index in [4.69, 9.17) is 4.52 Å². The highest BCUT2D eigenvalue weighted by Gasteiger charge is 2.26. The molecule has 0 aliphatic carbocycles. The second-order valence-corrected chi connectivity index (χ2v) is 10.1. The lowest BCUT2D eigenvalue weighted by Gasteiger charge is -2.30. The third-order valence-electron chi connectivity index (χ3n) is 7.24. The van der Waals surface area contributed by atoms with Crippen LogP contribution in [0, 0.1) is 18.8 Å². The molecule has 1 fully saturated rings. The minimum atomic E-state index is 0.0659. The Morgan fingerprint density at radius 3 is 2.64 bits per heavy atom. The van der Waals surface area contributed by atoms with Gasteiger partial charge in [-0.3, -0.25) is 9.69 Å². The Hall–Kier alpha value is -3.51. The zero-order valence-corrected chi connectivity index (χ0v) is 21.1. The van der Waals surface area contributed by atoms with Gasteiger partial charge < -0.3 is 9.84 Å². The van der Waals surface area contributed by atoms with E-state index in [1.807, 2.05) is 31.2 Å². The Bertz CT molecular complexity index is 1320.